The van der Waals surface area contributed by atoms with E-state index in [9.17, 15) is 9.59 Å². The highest BCUT2D eigenvalue weighted by molar-refractivity contribution is 7.22. The fraction of sp³-hybridized carbons (Fsp3) is 0.136. The number of halogens is 2. The van der Waals surface area contributed by atoms with Crippen molar-refractivity contribution in [1.82, 2.24) is 4.98 Å². The van der Waals surface area contributed by atoms with Gasteiger partial charge in [-0.2, -0.15) is 0 Å². The quantitative estimate of drug-likeness (QED) is 0.326. The highest BCUT2D eigenvalue weighted by atomic mass is 35.5. The van der Waals surface area contributed by atoms with Crippen LogP contribution in [0, 0.1) is 0 Å². The van der Waals surface area contributed by atoms with Crippen LogP contribution < -0.4 is 5.32 Å². The van der Waals surface area contributed by atoms with Gasteiger partial charge < -0.3 is 9.15 Å². The van der Waals surface area contributed by atoms with Crippen molar-refractivity contribution in [3.63, 3.8) is 0 Å². The van der Waals surface area contributed by atoms with Crippen molar-refractivity contribution in [3.8, 4) is 11.3 Å². The number of carbonyl (C=O) groups excluding carboxylic acids is 2. The molecule has 1 amide bonds. The van der Waals surface area contributed by atoms with Crippen molar-refractivity contribution in [2.75, 3.05) is 5.32 Å². The fourth-order valence-electron chi connectivity index (χ4n) is 2.84. The fourth-order valence-corrected chi connectivity index (χ4v) is 4.12. The molecule has 0 radical (unpaired) electrons. The molecule has 2 heterocycles. The normalized spacial score (nSPS) is 11.1. The first-order valence-electron chi connectivity index (χ1n) is 9.28. The average Bonchev–Trinajstić information content (AvgIpc) is 3.35. The molecule has 0 saturated heterocycles. The number of carbonyl (C=O) groups is 2. The Balaban J connectivity index is 1.53. The summed E-state index contributed by atoms with van der Waals surface area (Å²) in [7, 11) is 0. The molecule has 6 nitrogen and oxygen atoms in total. The summed E-state index contributed by atoms with van der Waals surface area (Å²) in [5.74, 6) is -0.330. The minimum atomic E-state index is -0.456. The lowest BCUT2D eigenvalue weighted by molar-refractivity contribution is 0.0378. The van der Waals surface area contributed by atoms with E-state index in [0.29, 0.717) is 37.6 Å². The number of amides is 1. The molecule has 1 N–H and O–H groups in total. The second kappa shape index (κ2) is 8.70. The summed E-state index contributed by atoms with van der Waals surface area (Å²) in [6, 6.07) is 13.3. The number of thiazole rings is 1. The Morgan fingerprint density at radius 3 is 2.68 bits per heavy atom. The van der Waals surface area contributed by atoms with Gasteiger partial charge in [0, 0.05) is 10.6 Å². The summed E-state index contributed by atoms with van der Waals surface area (Å²) in [6.07, 6.45) is -0.209. The number of aromatic nitrogens is 1. The first-order chi connectivity index (χ1) is 14.8. The van der Waals surface area contributed by atoms with Gasteiger partial charge >= 0.3 is 5.97 Å². The van der Waals surface area contributed by atoms with Crippen LogP contribution in [-0.4, -0.2) is 23.0 Å². The maximum absolute atomic E-state index is 12.6. The SMILES string of the molecule is CC(C)OC(=O)c1ccc2nc(NC(=O)c3ccc(-c4cc(Cl)ccc4Cl)o3)sc2c1. The summed E-state index contributed by atoms with van der Waals surface area (Å²) in [6.45, 7) is 3.58. The number of anilines is 1. The van der Waals surface area contributed by atoms with E-state index in [4.69, 9.17) is 32.4 Å². The van der Waals surface area contributed by atoms with Gasteiger partial charge in [-0.3, -0.25) is 10.1 Å². The van der Waals surface area contributed by atoms with Crippen LogP contribution in [0.25, 0.3) is 21.5 Å². The molecule has 0 bridgehead atoms. The van der Waals surface area contributed by atoms with E-state index in [2.05, 4.69) is 10.3 Å². The van der Waals surface area contributed by atoms with Crippen molar-refractivity contribution < 1.29 is 18.7 Å². The predicted molar refractivity (Wildman–Crippen MR) is 122 cm³/mol. The van der Waals surface area contributed by atoms with Crippen LogP contribution in [0.15, 0.2) is 52.9 Å². The molecule has 158 valence electrons. The molecule has 2 aromatic carbocycles. The molecule has 0 fully saturated rings. The zero-order valence-electron chi connectivity index (χ0n) is 16.4. The molecule has 0 aliphatic heterocycles. The number of benzene rings is 2. The summed E-state index contributed by atoms with van der Waals surface area (Å²) in [5.41, 5.74) is 1.68. The Kier molecular flexibility index (Phi) is 6.00. The number of hydrogen-bond donors (Lipinski definition) is 1. The molecule has 2 aromatic heterocycles. The number of nitrogens with one attached hydrogen (secondary N) is 1. The summed E-state index contributed by atoms with van der Waals surface area (Å²) >= 11 is 13.5. The van der Waals surface area contributed by atoms with Crippen molar-refractivity contribution in [2.45, 2.75) is 20.0 Å². The minimum Gasteiger partial charge on any atom is -0.459 e. The topological polar surface area (TPSA) is 81.4 Å². The first kappa shape index (κ1) is 21.4. The van der Waals surface area contributed by atoms with E-state index < -0.39 is 11.9 Å². The van der Waals surface area contributed by atoms with Crippen LogP contribution in [0.4, 0.5) is 5.13 Å². The third kappa shape index (κ3) is 4.74. The molecule has 0 spiro atoms. The summed E-state index contributed by atoms with van der Waals surface area (Å²) in [4.78, 5) is 29.1. The standard InChI is InChI=1S/C22H16Cl2N2O4S/c1-11(2)29-21(28)12-3-6-16-19(9-12)31-22(25-16)26-20(27)18-8-7-17(30-18)14-10-13(23)4-5-15(14)24/h3-11H,1-2H3,(H,25,26,27). The van der Waals surface area contributed by atoms with Crippen LogP contribution in [0.2, 0.25) is 10.0 Å². The summed E-state index contributed by atoms with van der Waals surface area (Å²) < 4.78 is 11.6. The first-order valence-corrected chi connectivity index (χ1v) is 10.9. The van der Waals surface area contributed by atoms with Crippen molar-refractivity contribution in [1.29, 1.82) is 0 Å². The molecule has 0 saturated carbocycles. The molecule has 9 heteroatoms. The third-order valence-electron chi connectivity index (χ3n) is 4.21. The smallest absolute Gasteiger partial charge is 0.338 e. The maximum Gasteiger partial charge on any atom is 0.338 e. The minimum absolute atomic E-state index is 0.103. The zero-order valence-corrected chi connectivity index (χ0v) is 18.8. The van der Waals surface area contributed by atoms with Crippen molar-refractivity contribution >= 4 is 61.8 Å². The van der Waals surface area contributed by atoms with Gasteiger partial charge in [0.25, 0.3) is 5.91 Å². The average molecular weight is 475 g/mol. The van der Waals surface area contributed by atoms with Gasteiger partial charge in [0.15, 0.2) is 10.9 Å². The second-order valence-corrected chi connectivity index (χ2v) is 8.77. The summed E-state index contributed by atoms with van der Waals surface area (Å²) in [5, 5.41) is 4.07. The molecule has 0 aliphatic carbocycles. The number of esters is 1. The van der Waals surface area contributed by atoms with Gasteiger partial charge in [0.05, 0.1) is 26.9 Å². The van der Waals surface area contributed by atoms with Crippen LogP contribution in [0.3, 0.4) is 0 Å². The largest absolute Gasteiger partial charge is 0.459 e. The Bertz CT molecular complexity index is 1300. The molecule has 4 aromatic rings. The Morgan fingerprint density at radius 2 is 1.90 bits per heavy atom. The van der Waals surface area contributed by atoms with Gasteiger partial charge in [-0.15, -0.1) is 0 Å². The number of fused-ring (bicyclic) bond motifs is 1. The monoisotopic (exact) mass is 474 g/mol. The van der Waals surface area contributed by atoms with Crippen LogP contribution in [-0.2, 0) is 4.74 Å². The van der Waals surface area contributed by atoms with Gasteiger partial charge in [-0.1, -0.05) is 34.5 Å². The van der Waals surface area contributed by atoms with Gasteiger partial charge in [-0.25, -0.2) is 9.78 Å². The number of nitrogens with zero attached hydrogens (tertiary/aromatic N) is 1. The van der Waals surface area contributed by atoms with E-state index in [0.717, 1.165) is 4.70 Å². The lowest BCUT2D eigenvalue weighted by Gasteiger charge is -2.07. The van der Waals surface area contributed by atoms with E-state index >= 15 is 0 Å². The lowest BCUT2D eigenvalue weighted by Crippen LogP contribution is -2.11. The van der Waals surface area contributed by atoms with Crippen LogP contribution in [0.5, 0.6) is 0 Å². The molecular formula is C22H16Cl2N2O4S. The van der Waals surface area contributed by atoms with Gasteiger partial charge in [0.2, 0.25) is 0 Å². The lowest BCUT2D eigenvalue weighted by atomic mass is 10.2. The van der Waals surface area contributed by atoms with Crippen molar-refractivity contribution in [2.24, 2.45) is 0 Å². The number of rotatable bonds is 5. The van der Waals surface area contributed by atoms with Gasteiger partial charge in [-0.05, 0) is 62.4 Å². The number of hydrogen-bond acceptors (Lipinski definition) is 6. The Hall–Kier alpha value is -2.87. The molecule has 0 unspecified atom stereocenters. The highest BCUT2D eigenvalue weighted by Gasteiger charge is 2.17. The number of ether oxygens (including phenoxy) is 1. The second-order valence-electron chi connectivity index (χ2n) is 6.90. The number of furan rings is 1. The van der Waals surface area contributed by atoms with Crippen molar-refractivity contribution in [3.05, 3.63) is 69.9 Å². The predicted octanol–water partition coefficient (Wildman–Crippen LogP) is 6.68. The Morgan fingerprint density at radius 1 is 1.10 bits per heavy atom. The van der Waals surface area contributed by atoms with E-state index in [1.54, 1.807) is 62.4 Å². The van der Waals surface area contributed by atoms with E-state index in [-0.39, 0.29) is 11.9 Å². The van der Waals surface area contributed by atoms with E-state index in [1.807, 2.05) is 0 Å². The molecule has 0 atom stereocenters. The third-order valence-corrected chi connectivity index (χ3v) is 5.71. The molecule has 4 rings (SSSR count). The Labute approximate surface area is 191 Å². The molecular weight excluding hydrogens is 459 g/mol. The van der Waals surface area contributed by atoms with Crippen LogP contribution in [0.1, 0.15) is 34.8 Å². The van der Waals surface area contributed by atoms with E-state index in [1.165, 1.54) is 11.3 Å². The zero-order chi connectivity index (χ0) is 22.1. The molecule has 31 heavy (non-hydrogen) atoms. The van der Waals surface area contributed by atoms with Crippen LogP contribution >= 0.6 is 34.5 Å². The van der Waals surface area contributed by atoms with Gasteiger partial charge in [0.1, 0.15) is 5.76 Å². The highest BCUT2D eigenvalue weighted by Crippen LogP contribution is 2.32. The molecule has 0 aliphatic rings. The maximum atomic E-state index is 12.6.